The molecule has 1 aromatic carbocycles. The average molecular weight is 487 g/mol. The van der Waals surface area contributed by atoms with E-state index in [4.69, 9.17) is 9.72 Å². The summed E-state index contributed by atoms with van der Waals surface area (Å²) in [6.07, 6.45) is 6.29. The van der Waals surface area contributed by atoms with Gasteiger partial charge < -0.3 is 19.9 Å². The minimum absolute atomic E-state index is 0.0959. The first-order chi connectivity index (χ1) is 17.5. The fourth-order valence-corrected chi connectivity index (χ4v) is 5.20. The molecule has 1 N–H and O–H groups in total. The normalized spacial score (nSPS) is 19.4. The molecule has 9 nitrogen and oxygen atoms in total. The fraction of sp³-hybridized carbons (Fsp3) is 0.407. The SMILES string of the molecule is C=CC(=O)N1CCN(c2cc3cnc(NC4CC4)nc3n(CC3CCOC3)c2=O)c2cccc(C)c21. The molecule has 1 saturated heterocycles. The van der Waals surface area contributed by atoms with Gasteiger partial charge in [0, 0.05) is 49.8 Å². The van der Waals surface area contributed by atoms with Gasteiger partial charge >= 0.3 is 0 Å². The van der Waals surface area contributed by atoms with Crippen molar-refractivity contribution in [1.82, 2.24) is 14.5 Å². The van der Waals surface area contributed by atoms with E-state index in [-0.39, 0.29) is 17.4 Å². The maximum atomic E-state index is 14.1. The van der Waals surface area contributed by atoms with E-state index >= 15 is 0 Å². The highest BCUT2D eigenvalue weighted by molar-refractivity contribution is 6.05. The summed E-state index contributed by atoms with van der Waals surface area (Å²) < 4.78 is 7.39. The Morgan fingerprint density at radius 1 is 1.25 bits per heavy atom. The number of nitrogens with zero attached hydrogens (tertiary/aromatic N) is 5. The van der Waals surface area contributed by atoms with Crippen molar-refractivity contribution in [2.24, 2.45) is 5.92 Å². The molecule has 186 valence electrons. The summed E-state index contributed by atoms with van der Waals surface area (Å²) in [7, 11) is 0. The van der Waals surface area contributed by atoms with E-state index in [2.05, 4.69) is 16.9 Å². The Hall–Kier alpha value is -3.72. The van der Waals surface area contributed by atoms with Gasteiger partial charge in [-0.25, -0.2) is 4.98 Å². The lowest BCUT2D eigenvalue weighted by molar-refractivity contribution is -0.114. The molecule has 4 heterocycles. The molecule has 2 aliphatic heterocycles. The maximum absolute atomic E-state index is 14.1. The minimum atomic E-state index is -0.147. The third-order valence-electron chi connectivity index (χ3n) is 7.24. The number of carbonyl (C=O) groups is 1. The third-order valence-corrected chi connectivity index (χ3v) is 7.24. The Bertz CT molecular complexity index is 1410. The van der Waals surface area contributed by atoms with E-state index in [0.29, 0.717) is 56.2 Å². The zero-order valence-electron chi connectivity index (χ0n) is 20.4. The molecule has 1 amide bonds. The number of nitrogens with one attached hydrogen (secondary N) is 1. The molecule has 6 rings (SSSR count). The topological polar surface area (TPSA) is 92.6 Å². The Morgan fingerprint density at radius 2 is 2.11 bits per heavy atom. The van der Waals surface area contributed by atoms with E-state index < -0.39 is 0 Å². The summed E-state index contributed by atoms with van der Waals surface area (Å²) in [5.74, 6) is 0.671. The Morgan fingerprint density at radius 3 is 2.86 bits per heavy atom. The van der Waals surface area contributed by atoms with Crippen LogP contribution in [0, 0.1) is 12.8 Å². The van der Waals surface area contributed by atoms with Crippen LogP contribution >= 0.6 is 0 Å². The van der Waals surface area contributed by atoms with E-state index in [1.807, 2.05) is 36.1 Å². The Kier molecular flexibility index (Phi) is 5.72. The van der Waals surface area contributed by atoms with Gasteiger partial charge in [0.1, 0.15) is 11.3 Å². The quantitative estimate of drug-likeness (QED) is 0.534. The van der Waals surface area contributed by atoms with Crippen LogP contribution in [-0.2, 0) is 16.1 Å². The summed E-state index contributed by atoms with van der Waals surface area (Å²) in [6, 6.07) is 8.20. The summed E-state index contributed by atoms with van der Waals surface area (Å²) in [4.78, 5) is 39.8. The highest BCUT2D eigenvalue weighted by Gasteiger charge is 2.30. The number of rotatable bonds is 6. The number of amides is 1. The van der Waals surface area contributed by atoms with Crippen LogP contribution in [0.4, 0.5) is 23.0 Å². The first-order valence-corrected chi connectivity index (χ1v) is 12.6. The van der Waals surface area contributed by atoms with E-state index in [1.165, 1.54) is 6.08 Å². The molecule has 1 atom stereocenters. The fourth-order valence-electron chi connectivity index (χ4n) is 5.20. The van der Waals surface area contributed by atoms with Crippen LogP contribution in [0.3, 0.4) is 0 Å². The van der Waals surface area contributed by atoms with Crippen molar-refractivity contribution in [1.29, 1.82) is 0 Å². The van der Waals surface area contributed by atoms with Gasteiger partial charge in [0.05, 0.1) is 18.0 Å². The molecule has 3 aliphatic rings. The molecule has 1 saturated carbocycles. The lowest BCUT2D eigenvalue weighted by Crippen LogP contribution is -2.44. The number of hydrogen-bond donors (Lipinski definition) is 1. The van der Waals surface area contributed by atoms with Gasteiger partial charge in [-0.2, -0.15) is 4.98 Å². The standard InChI is InChI=1S/C27H30N6O3/c1-3-23(34)32-11-10-31(21-6-4-5-17(2)24(21)32)22-13-19-14-28-27(29-20-7-8-20)30-25(19)33(26(22)35)15-18-9-12-36-16-18/h3-6,13-14,18,20H,1,7-12,15-16H2,2H3,(H,28,29,30). The molecule has 1 unspecified atom stereocenters. The summed E-state index contributed by atoms with van der Waals surface area (Å²) in [5.41, 5.74) is 3.71. The van der Waals surface area contributed by atoms with Gasteiger partial charge in [-0.3, -0.25) is 14.2 Å². The maximum Gasteiger partial charge on any atom is 0.276 e. The minimum Gasteiger partial charge on any atom is -0.381 e. The largest absolute Gasteiger partial charge is 0.381 e. The van der Waals surface area contributed by atoms with Gasteiger partial charge in [-0.1, -0.05) is 18.7 Å². The van der Waals surface area contributed by atoms with Crippen molar-refractivity contribution in [2.75, 3.05) is 41.4 Å². The Labute approximate surface area is 209 Å². The molecular formula is C27H30N6O3. The van der Waals surface area contributed by atoms with Crippen molar-refractivity contribution in [3.05, 3.63) is 59.0 Å². The number of pyridine rings is 1. The van der Waals surface area contributed by atoms with Crippen LogP contribution < -0.4 is 20.7 Å². The van der Waals surface area contributed by atoms with Crippen LogP contribution in [0.5, 0.6) is 0 Å². The molecule has 0 bridgehead atoms. The second-order valence-corrected chi connectivity index (χ2v) is 9.85. The first-order valence-electron chi connectivity index (χ1n) is 12.6. The third kappa shape index (κ3) is 4.03. The van der Waals surface area contributed by atoms with Crippen molar-refractivity contribution in [2.45, 2.75) is 38.8 Å². The van der Waals surface area contributed by atoms with Gasteiger partial charge in [0.2, 0.25) is 5.95 Å². The number of ether oxygens (including phenoxy) is 1. The van der Waals surface area contributed by atoms with Crippen LogP contribution in [0.15, 0.2) is 47.9 Å². The first kappa shape index (κ1) is 22.7. The molecule has 3 aromatic rings. The Balaban J connectivity index is 1.49. The summed E-state index contributed by atoms with van der Waals surface area (Å²) in [6.45, 7) is 8.49. The number of fused-ring (bicyclic) bond motifs is 2. The summed E-state index contributed by atoms with van der Waals surface area (Å²) >= 11 is 0. The van der Waals surface area contributed by atoms with E-state index in [0.717, 1.165) is 41.6 Å². The van der Waals surface area contributed by atoms with Gasteiger partial charge in [-0.05, 0) is 50.0 Å². The molecule has 2 fully saturated rings. The van der Waals surface area contributed by atoms with Crippen LogP contribution in [-0.4, -0.2) is 52.8 Å². The van der Waals surface area contributed by atoms with E-state index in [1.54, 1.807) is 15.7 Å². The molecule has 36 heavy (non-hydrogen) atoms. The van der Waals surface area contributed by atoms with Crippen LogP contribution in [0.2, 0.25) is 0 Å². The van der Waals surface area contributed by atoms with Crippen LogP contribution in [0.1, 0.15) is 24.8 Å². The molecule has 9 heteroatoms. The lowest BCUT2D eigenvalue weighted by Gasteiger charge is -2.38. The highest BCUT2D eigenvalue weighted by Crippen LogP contribution is 2.39. The molecule has 0 radical (unpaired) electrons. The van der Waals surface area contributed by atoms with Crippen molar-refractivity contribution in [3.8, 4) is 0 Å². The zero-order valence-corrected chi connectivity index (χ0v) is 20.4. The summed E-state index contributed by atoms with van der Waals surface area (Å²) in [5, 5.41) is 4.16. The number of aryl methyl sites for hydroxylation is 1. The zero-order chi connectivity index (χ0) is 24.8. The smallest absolute Gasteiger partial charge is 0.276 e. The highest BCUT2D eigenvalue weighted by atomic mass is 16.5. The van der Waals surface area contributed by atoms with Gasteiger partial charge in [0.25, 0.3) is 11.5 Å². The van der Waals surface area contributed by atoms with Crippen LogP contribution in [0.25, 0.3) is 11.0 Å². The van der Waals surface area contributed by atoms with Gasteiger partial charge in [0.15, 0.2) is 0 Å². The number of benzene rings is 1. The van der Waals surface area contributed by atoms with Crippen molar-refractivity contribution >= 4 is 40.0 Å². The molecule has 1 aliphatic carbocycles. The number of para-hydroxylation sites is 1. The molecular weight excluding hydrogens is 456 g/mol. The van der Waals surface area contributed by atoms with Crippen molar-refractivity contribution in [3.63, 3.8) is 0 Å². The average Bonchev–Trinajstić information content (AvgIpc) is 3.55. The number of aromatic nitrogens is 3. The van der Waals surface area contributed by atoms with Gasteiger partial charge in [-0.15, -0.1) is 0 Å². The van der Waals surface area contributed by atoms with E-state index in [9.17, 15) is 9.59 Å². The number of carbonyl (C=O) groups excluding carboxylic acids is 1. The second kappa shape index (κ2) is 9.05. The lowest BCUT2D eigenvalue weighted by atomic mass is 10.1. The molecule has 0 spiro atoms. The predicted octanol–water partition coefficient (Wildman–Crippen LogP) is 3.38. The number of anilines is 4. The second-order valence-electron chi connectivity index (χ2n) is 9.85. The number of hydrogen-bond acceptors (Lipinski definition) is 7. The molecule has 2 aromatic heterocycles. The van der Waals surface area contributed by atoms with Crippen molar-refractivity contribution < 1.29 is 9.53 Å². The monoisotopic (exact) mass is 486 g/mol. The predicted molar refractivity (Wildman–Crippen MR) is 140 cm³/mol.